The molecule has 1 amide bonds. The van der Waals surface area contributed by atoms with Crippen molar-refractivity contribution in [2.75, 3.05) is 13.7 Å². The maximum atomic E-state index is 12.7. The molecule has 3 nitrogen and oxygen atoms in total. The summed E-state index contributed by atoms with van der Waals surface area (Å²) in [6.45, 7) is 3.41. The average Bonchev–Trinajstić information content (AvgIpc) is 2.53. The lowest BCUT2D eigenvalue weighted by Gasteiger charge is -2.29. The van der Waals surface area contributed by atoms with Crippen LogP contribution in [-0.2, 0) is 13.0 Å². The van der Waals surface area contributed by atoms with E-state index in [0.717, 1.165) is 29.8 Å². The number of carbonyl (C=O) groups excluding carboxylic acids is 1. The molecule has 2 aromatic rings. The van der Waals surface area contributed by atoms with Crippen molar-refractivity contribution in [3.8, 4) is 5.75 Å². The quantitative estimate of drug-likeness (QED) is 0.846. The van der Waals surface area contributed by atoms with Crippen LogP contribution in [0.15, 0.2) is 42.5 Å². The zero-order valence-corrected chi connectivity index (χ0v) is 12.4. The Labute approximate surface area is 125 Å². The number of methoxy groups -OCH3 is 1. The summed E-state index contributed by atoms with van der Waals surface area (Å²) in [6.07, 6.45) is 0.879. The van der Waals surface area contributed by atoms with Crippen molar-refractivity contribution in [2.45, 2.75) is 19.9 Å². The third-order valence-electron chi connectivity index (χ3n) is 4.09. The van der Waals surface area contributed by atoms with Crippen LogP contribution in [-0.4, -0.2) is 24.5 Å². The number of rotatable bonds is 2. The van der Waals surface area contributed by atoms with Crippen LogP contribution in [0.3, 0.4) is 0 Å². The number of hydrogen-bond acceptors (Lipinski definition) is 2. The topological polar surface area (TPSA) is 29.5 Å². The van der Waals surface area contributed by atoms with Gasteiger partial charge < -0.3 is 9.64 Å². The van der Waals surface area contributed by atoms with Gasteiger partial charge in [-0.15, -0.1) is 0 Å². The van der Waals surface area contributed by atoms with Crippen LogP contribution >= 0.6 is 0 Å². The van der Waals surface area contributed by atoms with Crippen molar-refractivity contribution in [1.29, 1.82) is 0 Å². The van der Waals surface area contributed by atoms with Gasteiger partial charge in [0.1, 0.15) is 5.75 Å². The molecule has 0 bridgehead atoms. The van der Waals surface area contributed by atoms with Crippen LogP contribution in [0.4, 0.5) is 0 Å². The highest BCUT2D eigenvalue weighted by Crippen LogP contribution is 2.25. The van der Waals surface area contributed by atoms with Crippen LogP contribution in [0.25, 0.3) is 0 Å². The van der Waals surface area contributed by atoms with Gasteiger partial charge in [0, 0.05) is 18.7 Å². The molecule has 0 aliphatic carbocycles. The first-order valence-electron chi connectivity index (χ1n) is 7.20. The first kappa shape index (κ1) is 13.7. The number of nitrogens with zero attached hydrogens (tertiary/aromatic N) is 1. The molecule has 3 heteroatoms. The summed E-state index contributed by atoms with van der Waals surface area (Å²) < 4.78 is 5.26. The highest BCUT2D eigenvalue weighted by atomic mass is 16.5. The molecule has 21 heavy (non-hydrogen) atoms. The van der Waals surface area contributed by atoms with Gasteiger partial charge in [-0.3, -0.25) is 4.79 Å². The number of ether oxygens (including phenoxy) is 1. The second-order valence-corrected chi connectivity index (χ2v) is 5.43. The highest BCUT2D eigenvalue weighted by molar-refractivity contribution is 5.95. The molecule has 1 aliphatic rings. The summed E-state index contributed by atoms with van der Waals surface area (Å²) in [5.41, 5.74) is 4.32. The first-order valence-corrected chi connectivity index (χ1v) is 7.20. The van der Waals surface area contributed by atoms with Crippen LogP contribution in [0.2, 0.25) is 0 Å². The molecule has 0 unspecified atom stereocenters. The Morgan fingerprint density at radius 2 is 1.95 bits per heavy atom. The molecule has 0 aromatic heterocycles. The zero-order chi connectivity index (χ0) is 14.8. The minimum atomic E-state index is 0.120. The zero-order valence-electron chi connectivity index (χ0n) is 12.4. The molecule has 108 valence electrons. The Bertz CT molecular complexity index is 679. The smallest absolute Gasteiger partial charge is 0.254 e. The molecule has 0 radical (unpaired) electrons. The van der Waals surface area contributed by atoms with E-state index in [1.54, 1.807) is 7.11 Å². The Balaban J connectivity index is 1.83. The predicted molar refractivity (Wildman–Crippen MR) is 82.6 cm³/mol. The molecular weight excluding hydrogens is 262 g/mol. The maximum Gasteiger partial charge on any atom is 0.254 e. The van der Waals surface area contributed by atoms with Crippen molar-refractivity contribution >= 4 is 5.91 Å². The normalized spacial score (nSPS) is 13.7. The largest absolute Gasteiger partial charge is 0.497 e. The van der Waals surface area contributed by atoms with Gasteiger partial charge in [-0.05, 0) is 48.2 Å². The molecule has 0 saturated heterocycles. The van der Waals surface area contributed by atoms with Gasteiger partial charge in [-0.2, -0.15) is 0 Å². The van der Waals surface area contributed by atoms with Crippen LogP contribution < -0.4 is 4.74 Å². The lowest BCUT2D eigenvalue weighted by Crippen LogP contribution is -2.36. The summed E-state index contributed by atoms with van der Waals surface area (Å²) >= 11 is 0. The number of benzene rings is 2. The Kier molecular flexibility index (Phi) is 3.65. The molecule has 0 saturated carbocycles. The molecule has 3 rings (SSSR count). The molecule has 1 heterocycles. The van der Waals surface area contributed by atoms with Crippen molar-refractivity contribution in [3.05, 3.63) is 64.7 Å². The third-order valence-corrected chi connectivity index (χ3v) is 4.09. The van der Waals surface area contributed by atoms with E-state index >= 15 is 0 Å². The van der Waals surface area contributed by atoms with Crippen molar-refractivity contribution in [1.82, 2.24) is 4.90 Å². The van der Waals surface area contributed by atoms with Crippen molar-refractivity contribution in [2.24, 2.45) is 0 Å². The van der Waals surface area contributed by atoms with E-state index in [1.807, 2.05) is 42.2 Å². The second kappa shape index (κ2) is 5.60. The molecule has 0 N–H and O–H groups in total. The van der Waals surface area contributed by atoms with Gasteiger partial charge in [0.15, 0.2) is 0 Å². The average molecular weight is 281 g/mol. The Morgan fingerprint density at radius 3 is 2.71 bits per heavy atom. The van der Waals surface area contributed by atoms with E-state index in [9.17, 15) is 4.79 Å². The van der Waals surface area contributed by atoms with Gasteiger partial charge in [0.25, 0.3) is 5.91 Å². The van der Waals surface area contributed by atoms with E-state index in [4.69, 9.17) is 4.74 Å². The van der Waals surface area contributed by atoms with Gasteiger partial charge in [-0.25, -0.2) is 0 Å². The van der Waals surface area contributed by atoms with E-state index in [2.05, 4.69) is 12.1 Å². The fourth-order valence-electron chi connectivity index (χ4n) is 2.81. The summed E-state index contributed by atoms with van der Waals surface area (Å²) in [6, 6.07) is 13.9. The van der Waals surface area contributed by atoms with Gasteiger partial charge in [0.05, 0.1) is 7.11 Å². The van der Waals surface area contributed by atoms with Crippen LogP contribution in [0.5, 0.6) is 5.75 Å². The molecular formula is C18H19NO2. The lowest BCUT2D eigenvalue weighted by molar-refractivity contribution is 0.0734. The van der Waals surface area contributed by atoms with E-state index in [0.29, 0.717) is 6.54 Å². The van der Waals surface area contributed by atoms with Crippen LogP contribution in [0, 0.1) is 6.92 Å². The van der Waals surface area contributed by atoms with Crippen molar-refractivity contribution in [3.63, 3.8) is 0 Å². The minimum Gasteiger partial charge on any atom is -0.497 e. The third kappa shape index (κ3) is 2.64. The van der Waals surface area contributed by atoms with Gasteiger partial charge in [-0.1, -0.05) is 24.3 Å². The Morgan fingerprint density at radius 1 is 1.14 bits per heavy atom. The molecule has 0 spiro atoms. The summed E-state index contributed by atoms with van der Waals surface area (Å²) in [4.78, 5) is 14.6. The first-order chi connectivity index (χ1) is 10.2. The maximum absolute atomic E-state index is 12.7. The van der Waals surface area contributed by atoms with Gasteiger partial charge >= 0.3 is 0 Å². The fourth-order valence-corrected chi connectivity index (χ4v) is 2.81. The lowest BCUT2D eigenvalue weighted by atomic mass is 9.98. The van der Waals surface area contributed by atoms with Gasteiger partial charge in [0.2, 0.25) is 0 Å². The molecule has 0 fully saturated rings. The number of amides is 1. The summed E-state index contributed by atoms with van der Waals surface area (Å²) in [7, 11) is 1.68. The second-order valence-electron chi connectivity index (χ2n) is 5.43. The summed E-state index contributed by atoms with van der Waals surface area (Å²) in [5, 5.41) is 0. The molecule has 0 atom stereocenters. The van der Waals surface area contributed by atoms with E-state index in [-0.39, 0.29) is 5.91 Å². The monoisotopic (exact) mass is 281 g/mol. The minimum absolute atomic E-state index is 0.120. The van der Waals surface area contributed by atoms with Crippen molar-refractivity contribution < 1.29 is 9.53 Å². The molecule has 1 aliphatic heterocycles. The van der Waals surface area contributed by atoms with E-state index in [1.165, 1.54) is 11.1 Å². The highest BCUT2D eigenvalue weighted by Gasteiger charge is 2.22. The fraction of sp³-hybridized carbons (Fsp3) is 0.278. The predicted octanol–water partition coefficient (Wildman–Crippen LogP) is 3.20. The standard InChI is InChI=1S/C18H19NO2/c1-13-5-3-4-6-17(13)18(20)19-10-9-14-11-16(21-2)8-7-15(14)12-19/h3-8,11H,9-10,12H2,1-2H3. The number of carbonyl (C=O) groups is 1. The molecule has 2 aromatic carbocycles. The Hall–Kier alpha value is -2.29. The van der Waals surface area contributed by atoms with Crippen LogP contribution in [0.1, 0.15) is 27.0 Å². The van der Waals surface area contributed by atoms with E-state index < -0.39 is 0 Å². The number of aryl methyl sites for hydroxylation is 1. The number of fused-ring (bicyclic) bond motifs is 1. The summed E-state index contributed by atoms with van der Waals surface area (Å²) in [5.74, 6) is 1.00. The SMILES string of the molecule is COc1ccc2c(c1)CCN(C(=O)c1ccccc1C)C2. The number of hydrogen-bond donors (Lipinski definition) is 0.